The summed E-state index contributed by atoms with van der Waals surface area (Å²) >= 11 is 2.16. The van der Waals surface area contributed by atoms with Crippen LogP contribution in [0, 0.1) is 9.49 Å². The molecule has 7 heteroatoms. The van der Waals surface area contributed by atoms with E-state index < -0.39 is 10.0 Å². The molecule has 0 heterocycles. The standard InChI is InChI=1S/C25H27IN2O3S/c1-19(2)17-24(20-9-5-3-6-10-20)27-25(29)18-28(22-15-13-21(26)14-16-22)32(30,31)23-11-7-4-8-12-23/h3-16,19,24H,17-18H2,1-2H3,(H,27,29)/t24-/m0/s1. The van der Waals surface area contributed by atoms with E-state index in [2.05, 4.69) is 41.8 Å². The van der Waals surface area contributed by atoms with Crippen LogP contribution in [0.2, 0.25) is 0 Å². The van der Waals surface area contributed by atoms with Gasteiger partial charge in [-0.3, -0.25) is 9.10 Å². The summed E-state index contributed by atoms with van der Waals surface area (Å²) in [7, 11) is -3.92. The molecule has 3 aromatic carbocycles. The minimum absolute atomic E-state index is 0.146. The maximum Gasteiger partial charge on any atom is 0.264 e. The van der Waals surface area contributed by atoms with E-state index in [4.69, 9.17) is 0 Å². The van der Waals surface area contributed by atoms with Gasteiger partial charge in [0.15, 0.2) is 0 Å². The molecule has 0 bridgehead atoms. The molecule has 0 aliphatic heterocycles. The average Bonchev–Trinajstić information content (AvgIpc) is 2.78. The van der Waals surface area contributed by atoms with Crippen molar-refractivity contribution in [2.45, 2.75) is 31.2 Å². The summed E-state index contributed by atoms with van der Waals surface area (Å²) in [6, 6.07) is 24.9. The van der Waals surface area contributed by atoms with Crippen LogP contribution in [-0.4, -0.2) is 20.9 Å². The largest absolute Gasteiger partial charge is 0.348 e. The molecule has 0 aliphatic carbocycles. The molecule has 3 aromatic rings. The molecule has 0 spiro atoms. The van der Waals surface area contributed by atoms with Crippen LogP contribution in [0.4, 0.5) is 5.69 Å². The fourth-order valence-corrected chi connectivity index (χ4v) is 5.25. The van der Waals surface area contributed by atoms with E-state index in [1.807, 2.05) is 42.5 Å². The van der Waals surface area contributed by atoms with Gasteiger partial charge in [-0.05, 0) is 76.9 Å². The molecule has 168 valence electrons. The normalized spacial score (nSPS) is 12.4. The highest BCUT2D eigenvalue weighted by molar-refractivity contribution is 14.1. The van der Waals surface area contributed by atoms with E-state index >= 15 is 0 Å². The van der Waals surface area contributed by atoms with E-state index in [0.29, 0.717) is 11.6 Å². The van der Waals surface area contributed by atoms with Crippen LogP contribution in [0.1, 0.15) is 31.9 Å². The highest BCUT2D eigenvalue weighted by Gasteiger charge is 2.28. The lowest BCUT2D eigenvalue weighted by Crippen LogP contribution is -2.42. The summed E-state index contributed by atoms with van der Waals surface area (Å²) in [5, 5.41) is 3.05. The van der Waals surface area contributed by atoms with Crippen molar-refractivity contribution in [1.82, 2.24) is 5.32 Å². The number of nitrogens with zero attached hydrogens (tertiary/aromatic N) is 1. The number of sulfonamides is 1. The van der Waals surface area contributed by atoms with E-state index in [-0.39, 0.29) is 23.4 Å². The molecule has 0 radical (unpaired) electrons. The van der Waals surface area contributed by atoms with Gasteiger partial charge in [-0.15, -0.1) is 0 Å². The first-order valence-corrected chi connectivity index (χ1v) is 13.0. The van der Waals surface area contributed by atoms with Gasteiger partial charge < -0.3 is 5.32 Å². The third-order valence-corrected chi connectivity index (χ3v) is 7.48. The fraction of sp³-hybridized carbons (Fsp3) is 0.240. The number of carbonyl (C=O) groups excluding carboxylic acids is 1. The molecule has 0 fully saturated rings. The van der Waals surface area contributed by atoms with E-state index in [0.717, 1.165) is 15.6 Å². The lowest BCUT2D eigenvalue weighted by atomic mass is 9.97. The summed E-state index contributed by atoms with van der Waals surface area (Å²) in [5.41, 5.74) is 1.45. The van der Waals surface area contributed by atoms with Crippen molar-refractivity contribution in [3.05, 3.63) is 94.1 Å². The number of carbonyl (C=O) groups is 1. The fourth-order valence-electron chi connectivity index (χ4n) is 3.45. The first-order valence-electron chi connectivity index (χ1n) is 10.4. The molecule has 32 heavy (non-hydrogen) atoms. The zero-order valence-electron chi connectivity index (χ0n) is 18.1. The van der Waals surface area contributed by atoms with Crippen LogP contribution in [0.5, 0.6) is 0 Å². The van der Waals surface area contributed by atoms with Gasteiger partial charge in [0.1, 0.15) is 6.54 Å². The molecule has 0 unspecified atom stereocenters. The maximum atomic E-state index is 13.4. The minimum atomic E-state index is -3.92. The highest BCUT2D eigenvalue weighted by Crippen LogP contribution is 2.25. The third-order valence-electron chi connectivity index (χ3n) is 4.98. The lowest BCUT2D eigenvalue weighted by Gasteiger charge is -2.26. The van der Waals surface area contributed by atoms with E-state index in [1.54, 1.807) is 42.5 Å². The van der Waals surface area contributed by atoms with Crippen molar-refractivity contribution in [2.24, 2.45) is 5.92 Å². The van der Waals surface area contributed by atoms with Crippen molar-refractivity contribution < 1.29 is 13.2 Å². The average molecular weight is 562 g/mol. The highest BCUT2D eigenvalue weighted by atomic mass is 127. The monoisotopic (exact) mass is 562 g/mol. The second-order valence-corrected chi connectivity index (χ2v) is 11.1. The number of halogens is 1. The Kier molecular flexibility index (Phi) is 8.31. The molecular weight excluding hydrogens is 535 g/mol. The van der Waals surface area contributed by atoms with Crippen molar-refractivity contribution in [3.8, 4) is 0 Å². The number of hydrogen-bond donors (Lipinski definition) is 1. The minimum Gasteiger partial charge on any atom is -0.348 e. The number of rotatable bonds is 9. The summed E-state index contributed by atoms with van der Waals surface area (Å²) in [4.78, 5) is 13.3. The molecule has 0 aliphatic rings. The number of nitrogens with one attached hydrogen (secondary N) is 1. The summed E-state index contributed by atoms with van der Waals surface area (Å²) in [5.74, 6) is 0.0124. The smallest absolute Gasteiger partial charge is 0.264 e. The molecular formula is C25H27IN2O3S. The zero-order valence-corrected chi connectivity index (χ0v) is 21.1. The second kappa shape index (κ2) is 11.0. The van der Waals surface area contributed by atoms with Crippen molar-refractivity contribution >= 4 is 44.2 Å². The topological polar surface area (TPSA) is 66.5 Å². The van der Waals surface area contributed by atoms with Crippen molar-refractivity contribution in [1.29, 1.82) is 0 Å². The quantitative estimate of drug-likeness (QED) is 0.356. The van der Waals surface area contributed by atoms with Gasteiger partial charge in [0, 0.05) is 3.57 Å². The number of hydrogen-bond acceptors (Lipinski definition) is 3. The Hall–Kier alpha value is -2.39. The van der Waals surface area contributed by atoms with Crippen LogP contribution < -0.4 is 9.62 Å². The first kappa shape index (κ1) is 24.3. The van der Waals surface area contributed by atoms with Gasteiger partial charge in [-0.25, -0.2) is 8.42 Å². The van der Waals surface area contributed by atoms with Crippen molar-refractivity contribution in [3.63, 3.8) is 0 Å². The Balaban J connectivity index is 1.90. The Morgan fingerprint density at radius 1 is 0.906 bits per heavy atom. The van der Waals surface area contributed by atoms with Crippen LogP contribution in [0.25, 0.3) is 0 Å². The van der Waals surface area contributed by atoms with Gasteiger partial charge in [0.05, 0.1) is 16.6 Å². The molecule has 3 rings (SSSR count). The Bertz CT molecular complexity index is 1120. The second-order valence-electron chi connectivity index (χ2n) is 7.96. The van der Waals surface area contributed by atoms with Crippen LogP contribution >= 0.6 is 22.6 Å². The number of amides is 1. The molecule has 1 N–H and O–H groups in total. The molecule has 1 atom stereocenters. The molecule has 0 aromatic heterocycles. The molecule has 0 saturated carbocycles. The summed E-state index contributed by atoms with van der Waals surface area (Å²) in [6.45, 7) is 3.89. The zero-order chi connectivity index (χ0) is 23.1. The van der Waals surface area contributed by atoms with Gasteiger partial charge in [0.25, 0.3) is 10.0 Å². The SMILES string of the molecule is CC(C)C[C@H](NC(=O)CN(c1ccc(I)cc1)S(=O)(=O)c1ccccc1)c1ccccc1. The van der Waals surface area contributed by atoms with E-state index in [1.165, 1.54) is 4.31 Å². The molecule has 1 amide bonds. The van der Waals surface area contributed by atoms with Crippen LogP contribution in [-0.2, 0) is 14.8 Å². The Morgan fingerprint density at radius 3 is 2.03 bits per heavy atom. The maximum absolute atomic E-state index is 13.4. The molecule has 5 nitrogen and oxygen atoms in total. The predicted octanol–water partition coefficient (Wildman–Crippen LogP) is 5.39. The third kappa shape index (κ3) is 6.32. The number of benzene rings is 3. The van der Waals surface area contributed by atoms with Crippen LogP contribution in [0.3, 0.4) is 0 Å². The van der Waals surface area contributed by atoms with Crippen LogP contribution in [0.15, 0.2) is 89.8 Å². The summed E-state index contributed by atoms with van der Waals surface area (Å²) in [6.07, 6.45) is 0.755. The number of anilines is 1. The van der Waals surface area contributed by atoms with Gasteiger partial charge in [-0.2, -0.15) is 0 Å². The van der Waals surface area contributed by atoms with E-state index in [9.17, 15) is 13.2 Å². The summed E-state index contributed by atoms with van der Waals surface area (Å²) < 4.78 is 29.0. The first-order chi connectivity index (χ1) is 15.3. The predicted molar refractivity (Wildman–Crippen MR) is 137 cm³/mol. The Labute approximate surface area is 204 Å². The van der Waals surface area contributed by atoms with Gasteiger partial charge in [-0.1, -0.05) is 62.4 Å². The van der Waals surface area contributed by atoms with Gasteiger partial charge >= 0.3 is 0 Å². The Morgan fingerprint density at radius 2 is 1.47 bits per heavy atom. The molecule has 0 saturated heterocycles. The lowest BCUT2D eigenvalue weighted by molar-refractivity contribution is -0.120. The van der Waals surface area contributed by atoms with Gasteiger partial charge in [0.2, 0.25) is 5.91 Å². The van der Waals surface area contributed by atoms with Crippen molar-refractivity contribution in [2.75, 3.05) is 10.8 Å².